The van der Waals surface area contributed by atoms with Gasteiger partial charge >= 0.3 is 0 Å². The quantitative estimate of drug-likeness (QED) is 0.479. The molecule has 154 valence electrons. The fraction of sp³-hybridized carbons (Fsp3) is 0.364. The fourth-order valence-electron chi connectivity index (χ4n) is 2.60. The van der Waals surface area contributed by atoms with E-state index in [4.69, 9.17) is 16.6 Å². The summed E-state index contributed by atoms with van der Waals surface area (Å²) in [4.78, 5) is 24.5. The number of amides is 1. The molecular formula is C22H26ClFN4O. The van der Waals surface area contributed by atoms with Gasteiger partial charge in [-0.3, -0.25) is 9.79 Å². The normalized spacial score (nSPS) is 13.2. The molecule has 0 unspecified atom stereocenters. The summed E-state index contributed by atoms with van der Waals surface area (Å²) >= 11 is 5.99. The summed E-state index contributed by atoms with van der Waals surface area (Å²) in [6, 6.07) is 6.58. The second kappa shape index (κ2) is 9.27. The Balaban J connectivity index is 2.84. The Morgan fingerprint density at radius 3 is 2.48 bits per heavy atom. The molecule has 1 aromatic heterocycles. The van der Waals surface area contributed by atoms with Crippen LogP contribution in [0.1, 0.15) is 59.2 Å². The predicted molar refractivity (Wildman–Crippen MR) is 117 cm³/mol. The Bertz CT molecular complexity index is 977. The Morgan fingerprint density at radius 2 is 1.93 bits per heavy atom. The maximum absolute atomic E-state index is 15.3. The first-order chi connectivity index (χ1) is 13.5. The summed E-state index contributed by atoms with van der Waals surface area (Å²) in [5, 5.41) is 2.63. The minimum absolute atomic E-state index is 0.104. The molecule has 0 spiro atoms. The molecule has 0 atom stereocenters. The lowest BCUT2D eigenvalue weighted by atomic mass is 9.90. The number of anilines is 1. The Morgan fingerprint density at radius 1 is 1.24 bits per heavy atom. The van der Waals surface area contributed by atoms with E-state index in [1.165, 1.54) is 13.0 Å². The molecule has 1 amide bonds. The lowest BCUT2D eigenvalue weighted by molar-refractivity contribution is -0.114. The van der Waals surface area contributed by atoms with Gasteiger partial charge in [0.15, 0.2) is 5.82 Å². The highest BCUT2D eigenvalue weighted by Crippen LogP contribution is 2.34. The number of nitrogens with one attached hydrogen (secondary N) is 1. The standard InChI is InChI=1S/C22H26ClFN4O/c1-7-15(17-11-12-25-21(23)28-17)20(26-13(2)22(4,5)6)16-9-8-10-18(19(16)24)27-14(3)29/h8-12H,7H2,1-6H3,(H,27,29)/b20-15+,26-13?. The zero-order chi connectivity index (χ0) is 21.8. The van der Waals surface area contributed by atoms with Gasteiger partial charge in [0.1, 0.15) is 0 Å². The molecular weight excluding hydrogens is 391 g/mol. The van der Waals surface area contributed by atoms with Gasteiger partial charge in [0, 0.05) is 30.0 Å². The number of halogens is 2. The van der Waals surface area contributed by atoms with E-state index in [1.807, 2.05) is 34.6 Å². The number of allylic oxidation sites excluding steroid dienone is 1. The number of nitrogens with zero attached hydrogens (tertiary/aromatic N) is 3. The largest absolute Gasteiger partial charge is 0.324 e. The van der Waals surface area contributed by atoms with Crippen molar-refractivity contribution in [2.24, 2.45) is 10.4 Å². The van der Waals surface area contributed by atoms with E-state index in [1.54, 1.807) is 24.4 Å². The average Bonchev–Trinajstić information content (AvgIpc) is 2.62. The molecule has 1 aromatic carbocycles. The first-order valence-electron chi connectivity index (χ1n) is 9.39. The second-order valence-electron chi connectivity index (χ2n) is 7.69. The van der Waals surface area contributed by atoms with Gasteiger partial charge in [-0.15, -0.1) is 0 Å². The van der Waals surface area contributed by atoms with E-state index in [0.29, 0.717) is 17.8 Å². The van der Waals surface area contributed by atoms with Crippen molar-refractivity contribution in [2.75, 3.05) is 5.32 Å². The molecule has 5 nitrogen and oxygen atoms in total. The van der Waals surface area contributed by atoms with Crippen molar-refractivity contribution in [1.82, 2.24) is 9.97 Å². The van der Waals surface area contributed by atoms with Crippen LogP contribution in [0.5, 0.6) is 0 Å². The smallest absolute Gasteiger partial charge is 0.222 e. The van der Waals surface area contributed by atoms with Gasteiger partial charge in [-0.2, -0.15) is 0 Å². The minimum Gasteiger partial charge on any atom is -0.324 e. The summed E-state index contributed by atoms with van der Waals surface area (Å²) in [5.41, 5.74) is 2.79. The Kier molecular flexibility index (Phi) is 7.25. The number of hydrogen-bond acceptors (Lipinski definition) is 4. The van der Waals surface area contributed by atoms with Crippen LogP contribution in [0.3, 0.4) is 0 Å². The number of aliphatic imine (C=N–C) groups is 1. The molecule has 0 aliphatic carbocycles. The third-order valence-corrected chi connectivity index (χ3v) is 4.69. The highest BCUT2D eigenvalue weighted by molar-refractivity contribution is 6.28. The number of hydrogen-bond donors (Lipinski definition) is 1. The van der Waals surface area contributed by atoms with E-state index in [2.05, 4.69) is 15.3 Å². The molecule has 0 fully saturated rings. The van der Waals surface area contributed by atoms with Gasteiger partial charge in [0.2, 0.25) is 11.2 Å². The lowest BCUT2D eigenvalue weighted by Crippen LogP contribution is -2.17. The average molecular weight is 417 g/mol. The van der Waals surface area contributed by atoms with Gasteiger partial charge in [-0.25, -0.2) is 14.4 Å². The SMILES string of the molecule is CC/C(=C(\N=C(C)C(C)(C)C)c1cccc(NC(C)=O)c1F)c1ccnc(Cl)n1. The first kappa shape index (κ1) is 22.7. The summed E-state index contributed by atoms with van der Waals surface area (Å²) in [6.07, 6.45) is 2.11. The first-order valence-corrected chi connectivity index (χ1v) is 9.76. The van der Waals surface area contributed by atoms with Crippen molar-refractivity contribution in [1.29, 1.82) is 0 Å². The molecule has 2 rings (SSSR count). The Hall–Kier alpha value is -2.60. The summed E-state index contributed by atoms with van der Waals surface area (Å²) in [7, 11) is 0. The molecule has 0 saturated carbocycles. The van der Waals surface area contributed by atoms with Gasteiger partial charge in [0.05, 0.1) is 17.1 Å². The minimum atomic E-state index is -0.547. The van der Waals surface area contributed by atoms with Gasteiger partial charge in [-0.1, -0.05) is 33.8 Å². The molecule has 2 aromatic rings. The van der Waals surface area contributed by atoms with E-state index in [9.17, 15) is 4.79 Å². The van der Waals surface area contributed by atoms with Crippen molar-refractivity contribution >= 4 is 40.2 Å². The van der Waals surface area contributed by atoms with E-state index in [0.717, 1.165) is 11.3 Å². The van der Waals surface area contributed by atoms with Crippen molar-refractivity contribution in [3.63, 3.8) is 0 Å². The highest BCUT2D eigenvalue weighted by Gasteiger charge is 2.21. The van der Waals surface area contributed by atoms with Crippen molar-refractivity contribution in [3.8, 4) is 0 Å². The zero-order valence-corrected chi connectivity index (χ0v) is 18.4. The van der Waals surface area contributed by atoms with Gasteiger partial charge in [0.25, 0.3) is 0 Å². The number of benzene rings is 1. The van der Waals surface area contributed by atoms with Crippen LogP contribution in [0.4, 0.5) is 10.1 Å². The number of carbonyl (C=O) groups excluding carboxylic acids is 1. The van der Waals surface area contributed by atoms with E-state index >= 15 is 4.39 Å². The van der Waals surface area contributed by atoms with Gasteiger partial charge in [-0.05, 0) is 48.6 Å². The summed E-state index contributed by atoms with van der Waals surface area (Å²) in [5.74, 6) is -0.895. The molecule has 1 N–H and O–H groups in total. The molecule has 0 aliphatic heterocycles. The summed E-state index contributed by atoms with van der Waals surface area (Å²) < 4.78 is 15.3. The van der Waals surface area contributed by atoms with Crippen molar-refractivity contribution < 1.29 is 9.18 Å². The van der Waals surface area contributed by atoms with E-state index in [-0.39, 0.29) is 27.9 Å². The maximum Gasteiger partial charge on any atom is 0.222 e. The van der Waals surface area contributed by atoms with Crippen LogP contribution in [0.15, 0.2) is 35.5 Å². The van der Waals surface area contributed by atoms with Crippen molar-refractivity contribution in [2.45, 2.75) is 48.0 Å². The van der Waals surface area contributed by atoms with Crippen LogP contribution in [0, 0.1) is 11.2 Å². The van der Waals surface area contributed by atoms with Crippen LogP contribution in [0.2, 0.25) is 5.28 Å². The molecule has 1 heterocycles. The lowest BCUT2D eigenvalue weighted by Gasteiger charge is -2.21. The maximum atomic E-state index is 15.3. The highest BCUT2D eigenvalue weighted by atomic mass is 35.5. The Labute approximate surface area is 176 Å². The monoisotopic (exact) mass is 416 g/mol. The van der Waals surface area contributed by atoms with Crippen LogP contribution in [0.25, 0.3) is 11.3 Å². The number of aromatic nitrogens is 2. The molecule has 0 aliphatic rings. The van der Waals surface area contributed by atoms with Crippen LogP contribution < -0.4 is 5.32 Å². The second-order valence-corrected chi connectivity index (χ2v) is 8.03. The summed E-state index contributed by atoms with van der Waals surface area (Å²) in [6.45, 7) is 11.3. The topological polar surface area (TPSA) is 67.2 Å². The molecule has 0 saturated heterocycles. The van der Waals surface area contributed by atoms with Crippen LogP contribution in [-0.4, -0.2) is 21.6 Å². The predicted octanol–water partition coefficient (Wildman–Crippen LogP) is 6.01. The third-order valence-electron chi connectivity index (χ3n) is 4.50. The fourth-order valence-corrected chi connectivity index (χ4v) is 2.75. The van der Waals surface area contributed by atoms with Gasteiger partial charge < -0.3 is 5.32 Å². The molecule has 29 heavy (non-hydrogen) atoms. The van der Waals surface area contributed by atoms with Crippen LogP contribution >= 0.6 is 11.6 Å². The third kappa shape index (κ3) is 5.70. The molecule has 7 heteroatoms. The number of carbonyl (C=O) groups is 1. The number of rotatable bonds is 5. The molecule has 0 radical (unpaired) electrons. The van der Waals surface area contributed by atoms with Crippen LogP contribution in [-0.2, 0) is 4.79 Å². The zero-order valence-electron chi connectivity index (χ0n) is 17.6. The van der Waals surface area contributed by atoms with E-state index < -0.39 is 5.82 Å². The molecule has 0 bridgehead atoms. The van der Waals surface area contributed by atoms with Crippen molar-refractivity contribution in [3.05, 3.63) is 52.8 Å².